The van der Waals surface area contributed by atoms with Crippen molar-refractivity contribution in [3.8, 4) is 5.75 Å². The highest BCUT2D eigenvalue weighted by Crippen LogP contribution is 2.42. The lowest BCUT2D eigenvalue weighted by Gasteiger charge is -2.16. The lowest BCUT2D eigenvalue weighted by Crippen LogP contribution is -2.18. The summed E-state index contributed by atoms with van der Waals surface area (Å²) < 4.78 is 74.8. The van der Waals surface area contributed by atoms with E-state index in [9.17, 15) is 31.1 Å². The van der Waals surface area contributed by atoms with Gasteiger partial charge >= 0.3 is 12.4 Å². The number of alkyl halides is 6. The highest BCUT2D eigenvalue weighted by molar-refractivity contribution is 6.68. The fourth-order valence-electron chi connectivity index (χ4n) is 1.29. The molecule has 9 heteroatoms. The van der Waals surface area contributed by atoms with Crippen LogP contribution >= 0.6 is 11.6 Å². The Balaban J connectivity index is 3.74. The van der Waals surface area contributed by atoms with E-state index in [2.05, 4.69) is 0 Å². The van der Waals surface area contributed by atoms with Crippen molar-refractivity contribution in [1.82, 2.24) is 0 Å². The van der Waals surface area contributed by atoms with Gasteiger partial charge in [-0.25, -0.2) is 0 Å². The maximum Gasteiger partial charge on any atom is 0.417 e. The molecular weight excluding hydrogens is 290 g/mol. The first-order valence-corrected chi connectivity index (χ1v) is 4.53. The van der Waals surface area contributed by atoms with Crippen molar-refractivity contribution in [2.75, 3.05) is 0 Å². The number of rotatable bonds is 1. The van der Waals surface area contributed by atoms with Crippen LogP contribution in [0.4, 0.5) is 26.3 Å². The van der Waals surface area contributed by atoms with Crippen LogP contribution in [0.5, 0.6) is 5.75 Å². The van der Waals surface area contributed by atoms with Gasteiger partial charge in [0, 0.05) is 0 Å². The molecule has 1 N–H and O–H groups in total. The first-order chi connectivity index (χ1) is 7.94. The Morgan fingerprint density at radius 2 is 1.33 bits per heavy atom. The van der Waals surface area contributed by atoms with Gasteiger partial charge in [0.25, 0.3) is 5.24 Å². The number of hydrogen-bond donors (Lipinski definition) is 1. The lowest BCUT2D eigenvalue weighted by atomic mass is 10.0. The number of phenols is 1. The third kappa shape index (κ3) is 2.87. The minimum Gasteiger partial charge on any atom is -0.508 e. The number of carbonyl (C=O) groups is 1. The van der Waals surface area contributed by atoms with Crippen LogP contribution in [0.1, 0.15) is 21.5 Å². The van der Waals surface area contributed by atoms with Gasteiger partial charge in [-0.1, -0.05) is 0 Å². The Kier molecular flexibility index (Phi) is 3.53. The predicted molar refractivity (Wildman–Crippen MR) is 48.3 cm³/mol. The number of benzene rings is 1. The van der Waals surface area contributed by atoms with Gasteiger partial charge in [0.15, 0.2) is 0 Å². The standard InChI is InChI=1S/C9H3ClF6O2/c10-7(18)6-4(8(11,12)13)1-3(17)2-5(6)9(14,15)16/h1-2,17H. The molecule has 0 fully saturated rings. The normalized spacial score (nSPS) is 12.6. The molecule has 0 saturated carbocycles. The Bertz CT molecular complexity index is 456. The fraction of sp³-hybridized carbons (Fsp3) is 0.222. The minimum absolute atomic E-state index is 0.00481. The minimum atomic E-state index is -5.25. The van der Waals surface area contributed by atoms with E-state index in [-0.39, 0.29) is 12.1 Å². The molecule has 0 atom stereocenters. The second-order valence-corrected chi connectivity index (χ2v) is 3.53. The van der Waals surface area contributed by atoms with Crippen LogP contribution in [0.2, 0.25) is 0 Å². The molecule has 0 aromatic heterocycles. The van der Waals surface area contributed by atoms with E-state index < -0.39 is 40.0 Å². The van der Waals surface area contributed by atoms with E-state index in [4.69, 9.17) is 16.7 Å². The van der Waals surface area contributed by atoms with Gasteiger partial charge in [0.05, 0.1) is 16.7 Å². The molecule has 0 heterocycles. The van der Waals surface area contributed by atoms with Crippen LogP contribution in [0.15, 0.2) is 12.1 Å². The average Bonchev–Trinajstić information content (AvgIpc) is 2.12. The van der Waals surface area contributed by atoms with Crippen molar-refractivity contribution in [3.05, 3.63) is 28.8 Å². The van der Waals surface area contributed by atoms with Crippen LogP contribution in [0, 0.1) is 0 Å². The van der Waals surface area contributed by atoms with Crippen LogP contribution in [-0.2, 0) is 12.4 Å². The monoisotopic (exact) mass is 292 g/mol. The lowest BCUT2D eigenvalue weighted by molar-refractivity contribution is -0.143. The SMILES string of the molecule is O=C(Cl)c1c(C(F)(F)F)cc(O)cc1C(F)(F)F. The molecule has 0 unspecified atom stereocenters. The van der Waals surface area contributed by atoms with Gasteiger partial charge in [0.2, 0.25) is 0 Å². The molecule has 100 valence electrons. The number of carbonyl (C=O) groups excluding carboxylic acids is 1. The summed E-state index contributed by atoms with van der Waals surface area (Å²) in [5.74, 6) is -1.27. The Labute approximate surface area is 101 Å². The third-order valence-corrected chi connectivity index (χ3v) is 2.12. The summed E-state index contributed by atoms with van der Waals surface area (Å²) in [6, 6.07) is 0.00963. The van der Waals surface area contributed by atoms with E-state index in [1.807, 2.05) is 0 Å². The second-order valence-electron chi connectivity index (χ2n) is 3.19. The van der Waals surface area contributed by atoms with E-state index in [1.54, 1.807) is 0 Å². The fourth-order valence-corrected chi connectivity index (χ4v) is 1.49. The summed E-state index contributed by atoms with van der Waals surface area (Å²) >= 11 is 4.76. The molecule has 0 bridgehead atoms. The maximum absolute atomic E-state index is 12.5. The van der Waals surface area contributed by atoms with E-state index in [0.717, 1.165) is 0 Å². The van der Waals surface area contributed by atoms with E-state index >= 15 is 0 Å². The average molecular weight is 293 g/mol. The van der Waals surface area contributed by atoms with Crippen molar-refractivity contribution in [2.45, 2.75) is 12.4 Å². The van der Waals surface area contributed by atoms with Gasteiger partial charge < -0.3 is 5.11 Å². The molecule has 0 amide bonds. The number of halogens is 7. The molecule has 18 heavy (non-hydrogen) atoms. The zero-order valence-corrected chi connectivity index (χ0v) is 8.91. The molecule has 1 rings (SSSR count). The molecule has 0 radical (unpaired) electrons. The number of hydrogen-bond acceptors (Lipinski definition) is 2. The molecule has 0 saturated heterocycles. The van der Waals surface area contributed by atoms with Crippen LogP contribution in [-0.4, -0.2) is 10.3 Å². The molecule has 0 aliphatic heterocycles. The molecule has 1 aromatic rings. The zero-order chi connectivity index (χ0) is 14.3. The summed E-state index contributed by atoms with van der Waals surface area (Å²) in [5.41, 5.74) is -5.60. The van der Waals surface area contributed by atoms with Crippen LogP contribution in [0.3, 0.4) is 0 Å². The summed E-state index contributed by atoms with van der Waals surface area (Å²) in [6.45, 7) is 0. The topological polar surface area (TPSA) is 37.3 Å². The van der Waals surface area contributed by atoms with Crippen LogP contribution in [0.25, 0.3) is 0 Å². The summed E-state index contributed by atoms with van der Waals surface area (Å²) in [6.07, 6.45) is -10.5. The zero-order valence-electron chi connectivity index (χ0n) is 8.16. The molecule has 1 aromatic carbocycles. The quantitative estimate of drug-likeness (QED) is 0.631. The first-order valence-electron chi connectivity index (χ1n) is 4.16. The van der Waals surface area contributed by atoms with Gasteiger partial charge in [0.1, 0.15) is 5.75 Å². The maximum atomic E-state index is 12.5. The summed E-state index contributed by atoms with van der Waals surface area (Å²) in [5, 5.41) is 6.96. The smallest absolute Gasteiger partial charge is 0.417 e. The van der Waals surface area contributed by atoms with Gasteiger partial charge in [-0.3, -0.25) is 4.79 Å². The van der Waals surface area contributed by atoms with Crippen molar-refractivity contribution >= 4 is 16.8 Å². The Morgan fingerprint density at radius 1 is 1.00 bits per heavy atom. The molecular formula is C9H3ClF6O2. The van der Waals surface area contributed by atoms with Crippen molar-refractivity contribution < 1.29 is 36.2 Å². The van der Waals surface area contributed by atoms with E-state index in [0.29, 0.717) is 0 Å². The second kappa shape index (κ2) is 4.34. The number of phenolic OH excluding ortho intramolecular Hbond substituents is 1. The molecule has 0 aliphatic carbocycles. The third-order valence-electron chi connectivity index (χ3n) is 1.93. The van der Waals surface area contributed by atoms with Gasteiger partial charge in [-0.15, -0.1) is 0 Å². The van der Waals surface area contributed by atoms with E-state index in [1.165, 1.54) is 0 Å². The summed E-state index contributed by atoms with van der Waals surface area (Å²) in [4.78, 5) is 10.8. The van der Waals surface area contributed by atoms with Crippen molar-refractivity contribution in [3.63, 3.8) is 0 Å². The Morgan fingerprint density at radius 3 is 1.56 bits per heavy atom. The Hall–Kier alpha value is -1.44. The largest absolute Gasteiger partial charge is 0.508 e. The molecule has 2 nitrogen and oxygen atoms in total. The molecule has 0 spiro atoms. The van der Waals surface area contributed by atoms with Crippen molar-refractivity contribution in [1.29, 1.82) is 0 Å². The molecule has 0 aliphatic rings. The predicted octanol–water partition coefficient (Wildman–Crippen LogP) is 3.81. The van der Waals surface area contributed by atoms with Gasteiger partial charge in [-0.2, -0.15) is 26.3 Å². The summed E-state index contributed by atoms with van der Waals surface area (Å²) in [7, 11) is 0. The number of aromatic hydroxyl groups is 1. The van der Waals surface area contributed by atoms with Crippen molar-refractivity contribution in [2.24, 2.45) is 0 Å². The highest BCUT2D eigenvalue weighted by atomic mass is 35.5. The van der Waals surface area contributed by atoms with Crippen LogP contribution < -0.4 is 0 Å². The highest BCUT2D eigenvalue weighted by Gasteiger charge is 2.43. The van der Waals surface area contributed by atoms with Gasteiger partial charge in [-0.05, 0) is 23.7 Å². The first kappa shape index (κ1) is 14.6.